The zero-order chi connectivity index (χ0) is 21.5. The zero-order valence-electron chi connectivity index (χ0n) is 16.5. The Balaban J connectivity index is 1.61. The lowest BCUT2D eigenvalue weighted by molar-refractivity contribution is 0.0600. The number of ether oxygens (including phenoxy) is 2. The van der Waals surface area contributed by atoms with Gasteiger partial charge in [0.2, 0.25) is 0 Å². The SMILES string of the molecule is COC(=O)c1ccc2c(c1)OCC1C2=NN(c2ccc(C#N)c(Cl)c2)C1C1=C=CC=C1. The summed E-state index contributed by atoms with van der Waals surface area (Å²) in [6.45, 7) is 0.403. The van der Waals surface area contributed by atoms with Crippen LogP contribution in [0.25, 0.3) is 0 Å². The second-order valence-electron chi connectivity index (χ2n) is 7.30. The van der Waals surface area contributed by atoms with Crippen LogP contribution in [0.4, 0.5) is 5.69 Å². The minimum atomic E-state index is -0.417. The number of benzene rings is 2. The average molecular weight is 430 g/mol. The third kappa shape index (κ3) is 3.12. The number of anilines is 1. The van der Waals surface area contributed by atoms with Crippen molar-refractivity contribution in [3.8, 4) is 11.8 Å². The maximum absolute atomic E-state index is 11.9. The Morgan fingerprint density at radius 2 is 2.23 bits per heavy atom. The maximum Gasteiger partial charge on any atom is 0.337 e. The number of carbonyl (C=O) groups is 1. The summed E-state index contributed by atoms with van der Waals surface area (Å²) in [6.07, 6.45) is 5.83. The lowest BCUT2D eigenvalue weighted by Crippen LogP contribution is -2.39. The molecule has 31 heavy (non-hydrogen) atoms. The molecule has 0 amide bonds. The summed E-state index contributed by atoms with van der Waals surface area (Å²) in [5, 5.41) is 16.4. The number of methoxy groups -OCH3 is 1. The fourth-order valence-corrected chi connectivity index (χ4v) is 4.32. The summed E-state index contributed by atoms with van der Waals surface area (Å²) in [5.74, 6) is 0.146. The number of nitriles is 1. The van der Waals surface area contributed by atoms with E-state index < -0.39 is 5.97 Å². The molecular formula is C24H16ClN3O3. The van der Waals surface area contributed by atoms with Gasteiger partial charge in [-0.2, -0.15) is 10.4 Å². The minimum absolute atomic E-state index is 0.0375. The molecule has 7 heteroatoms. The zero-order valence-corrected chi connectivity index (χ0v) is 17.3. The molecule has 0 bridgehead atoms. The standard InChI is InChI=1S/C24H16ClN3O3/c1-30-24(29)15-7-9-18-21(10-15)31-13-19-22(18)27-28(23(19)14-4-2-3-5-14)17-8-6-16(12-26)20(25)11-17/h2-4,6-11,19,23H,13H2,1H3. The van der Waals surface area contributed by atoms with Gasteiger partial charge in [-0.25, -0.2) is 4.79 Å². The molecule has 3 aliphatic rings. The Labute approximate surface area is 183 Å². The summed E-state index contributed by atoms with van der Waals surface area (Å²) in [5.41, 5.74) is 7.60. The van der Waals surface area contributed by atoms with Gasteiger partial charge in [-0.15, -0.1) is 5.73 Å². The summed E-state index contributed by atoms with van der Waals surface area (Å²) in [6, 6.07) is 12.5. The molecule has 0 aromatic heterocycles. The molecule has 6 nitrogen and oxygen atoms in total. The summed E-state index contributed by atoms with van der Waals surface area (Å²) in [4.78, 5) is 11.9. The molecule has 2 aromatic rings. The van der Waals surface area contributed by atoms with Crippen molar-refractivity contribution in [2.24, 2.45) is 11.0 Å². The van der Waals surface area contributed by atoms with Crippen LogP contribution in [-0.2, 0) is 4.74 Å². The van der Waals surface area contributed by atoms with Crippen LogP contribution in [0.5, 0.6) is 5.75 Å². The molecule has 2 aliphatic heterocycles. The van der Waals surface area contributed by atoms with E-state index in [1.54, 1.807) is 24.3 Å². The largest absolute Gasteiger partial charge is 0.492 e. The van der Waals surface area contributed by atoms with Gasteiger partial charge in [0.1, 0.15) is 11.8 Å². The first-order valence-corrected chi connectivity index (χ1v) is 10.0. The summed E-state index contributed by atoms with van der Waals surface area (Å²) in [7, 11) is 1.35. The van der Waals surface area contributed by atoms with Crippen LogP contribution in [0.2, 0.25) is 5.02 Å². The smallest absolute Gasteiger partial charge is 0.337 e. The normalized spacial score (nSPS) is 20.4. The second-order valence-corrected chi connectivity index (χ2v) is 7.70. The predicted molar refractivity (Wildman–Crippen MR) is 116 cm³/mol. The number of hydrogen-bond acceptors (Lipinski definition) is 6. The Morgan fingerprint density at radius 3 is 2.94 bits per heavy atom. The first-order chi connectivity index (χ1) is 15.1. The number of rotatable bonds is 3. The maximum atomic E-state index is 11.9. The van der Waals surface area contributed by atoms with Crippen molar-refractivity contribution < 1.29 is 14.3 Å². The van der Waals surface area contributed by atoms with Crippen LogP contribution in [0, 0.1) is 17.2 Å². The molecule has 2 heterocycles. The quantitative estimate of drug-likeness (QED) is 0.538. The van der Waals surface area contributed by atoms with Gasteiger partial charge < -0.3 is 9.47 Å². The van der Waals surface area contributed by atoms with Crippen LogP contribution in [-0.4, -0.2) is 31.4 Å². The highest BCUT2D eigenvalue weighted by Gasteiger charge is 2.44. The second kappa shape index (κ2) is 7.48. The Hall–Kier alpha value is -3.78. The van der Waals surface area contributed by atoms with Gasteiger partial charge in [-0.3, -0.25) is 5.01 Å². The molecule has 2 aromatic carbocycles. The Morgan fingerprint density at radius 1 is 1.35 bits per heavy atom. The van der Waals surface area contributed by atoms with Gasteiger partial charge in [-0.1, -0.05) is 17.7 Å². The van der Waals surface area contributed by atoms with Gasteiger partial charge in [0.05, 0.1) is 53.2 Å². The molecule has 1 aliphatic carbocycles. The van der Waals surface area contributed by atoms with Gasteiger partial charge in [-0.05, 0) is 48.6 Å². The lowest BCUT2D eigenvalue weighted by atomic mass is 9.85. The van der Waals surface area contributed by atoms with Crippen LogP contribution in [0.3, 0.4) is 0 Å². The third-order valence-electron chi connectivity index (χ3n) is 5.59. The fraction of sp³-hybridized carbons (Fsp3) is 0.167. The van der Waals surface area contributed by atoms with E-state index in [1.807, 2.05) is 35.4 Å². The lowest BCUT2D eigenvalue weighted by Gasteiger charge is -2.30. The highest BCUT2D eigenvalue weighted by Crippen LogP contribution is 2.41. The van der Waals surface area contributed by atoms with Crippen LogP contribution < -0.4 is 9.75 Å². The topological polar surface area (TPSA) is 74.9 Å². The van der Waals surface area contributed by atoms with Crippen LogP contribution in [0.15, 0.2) is 71.0 Å². The number of allylic oxidation sites excluding steroid dienone is 1. The molecule has 2 unspecified atom stereocenters. The fourth-order valence-electron chi connectivity index (χ4n) is 4.11. The number of fused-ring (bicyclic) bond motifs is 3. The molecular weight excluding hydrogens is 414 g/mol. The molecule has 0 radical (unpaired) electrons. The van der Waals surface area contributed by atoms with E-state index in [0.29, 0.717) is 28.5 Å². The molecule has 2 atom stereocenters. The monoisotopic (exact) mass is 429 g/mol. The predicted octanol–water partition coefficient (Wildman–Crippen LogP) is 4.25. The molecule has 0 fully saturated rings. The van der Waals surface area contributed by atoms with Crippen molar-refractivity contribution in [2.45, 2.75) is 6.04 Å². The highest BCUT2D eigenvalue weighted by molar-refractivity contribution is 6.32. The van der Waals surface area contributed by atoms with E-state index in [9.17, 15) is 10.1 Å². The van der Waals surface area contributed by atoms with Crippen molar-refractivity contribution in [1.29, 1.82) is 5.26 Å². The van der Waals surface area contributed by atoms with Gasteiger partial charge >= 0.3 is 5.97 Å². The average Bonchev–Trinajstić information content (AvgIpc) is 3.45. The van der Waals surface area contributed by atoms with Crippen molar-refractivity contribution in [3.63, 3.8) is 0 Å². The molecule has 0 saturated heterocycles. The van der Waals surface area contributed by atoms with E-state index in [-0.39, 0.29) is 12.0 Å². The van der Waals surface area contributed by atoms with E-state index in [4.69, 9.17) is 26.2 Å². The Kier molecular flexibility index (Phi) is 4.63. The number of esters is 1. The van der Waals surface area contributed by atoms with Crippen molar-refractivity contribution in [2.75, 3.05) is 18.7 Å². The van der Waals surface area contributed by atoms with Crippen LogP contribution in [0.1, 0.15) is 21.5 Å². The first-order valence-electron chi connectivity index (χ1n) is 9.67. The van der Waals surface area contributed by atoms with Crippen molar-refractivity contribution in [3.05, 3.63) is 87.6 Å². The number of halogens is 1. The molecule has 0 spiro atoms. The van der Waals surface area contributed by atoms with E-state index >= 15 is 0 Å². The van der Waals surface area contributed by atoms with Gasteiger partial charge in [0.15, 0.2) is 0 Å². The van der Waals surface area contributed by atoms with E-state index in [1.165, 1.54) is 7.11 Å². The number of carbonyl (C=O) groups excluding carboxylic acids is 1. The minimum Gasteiger partial charge on any atom is -0.492 e. The summed E-state index contributed by atoms with van der Waals surface area (Å²) >= 11 is 6.30. The molecule has 152 valence electrons. The number of nitrogens with zero attached hydrogens (tertiary/aromatic N) is 3. The molecule has 5 rings (SSSR count). The summed E-state index contributed by atoms with van der Waals surface area (Å²) < 4.78 is 10.9. The number of hydrogen-bond donors (Lipinski definition) is 0. The van der Waals surface area contributed by atoms with Gasteiger partial charge in [0.25, 0.3) is 0 Å². The van der Waals surface area contributed by atoms with E-state index in [2.05, 4.69) is 11.8 Å². The van der Waals surface area contributed by atoms with Crippen molar-refractivity contribution in [1.82, 2.24) is 0 Å². The van der Waals surface area contributed by atoms with Gasteiger partial charge in [0, 0.05) is 11.1 Å². The third-order valence-corrected chi connectivity index (χ3v) is 5.90. The molecule has 0 N–H and O–H groups in total. The Bertz CT molecular complexity index is 1280. The van der Waals surface area contributed by atoms with E-state index in [0.717, 1.165) is 22.5 Å². The first kappa shape index (κ1) is 19.2. The van der Waals surface area contributed by atoms with Crippen molar-refractivity contribution >= 4 is 29.0 Å². The highest BCUT2D eigenvalue weighted by atomic mass is 35.5. The number of hydrazone groups is 1. The van der Waals surface area contributed by atoms with Crippen LogP contribution >= 0.6 is 11.6 Å². The molecule has 0 saturated carbocycles.